The smallest absolute Gasteiger partial charge is 0.308 e. The van der Waals surface area contributed by atoms with Crippen LogP contribution in [0.15, 0.2) is 0 Å². The molecule has 0 saturated heterocycles. The van der Waals surface area contributed by atoms with Crippen molar-refractivity contribution in [1.82, 2.24) is 9.55 Å². The Hall–Kier alpha value is -1.32. The number of aromatic nitrogens is 2. The molecule has 0 radical (unpaired) electrons. The van der Waals surface area contributed by atoms with Crippen LogP contribution in [0.4, 0.5) is 0 Å². The molecule has 98 valence electrons. The predicted molar refractivity (Wildman–Crippen MR) is 67.6 cm³/mol. The third-order valence-corrected chi connectivity index (χ3v) is 4.52. The number of imidazole rings is 1. The van der Waals surface area contributed by atoms with Gasteiger partial charge in [-0.2, -0.15) is 0 Å². The summed E-state index contributed by atoms with van der Waals surface area (Å²) in [7, 11) is 0. The van der Waals surface area contributed by atoms with Crippen LogP contribution in [0.5, 0.6) is 0 Å². The Morgan fingerprint density at radius 3 is 2.72 bits per heavy atom. The van der Waals surface area contributed by atoms with E-state index in [1.807, 2.05) is 6.92 Å². The van der Waals surface area contributed by atoms with Crippen molar-refractivity contribution in [2.75, 3.05) is 0 Å². The lowest BCUT2D eigenvalue weighted by Gasteiger charge is -2.23. The first-order valence-electron chi connectivity index (χ1n) is 6.95. The summed E-state index contributed by atoms with van der Waals surface area (Å²) in [6.07, 6.45) is 6.78. The summed E-state index contributed by atoms with van der Waals surface area (Å²) in [5.41, 5.74) is 2.59. The lowest BCUT2D eigenvalue weighted by molar-refractivity contribution is -0.142. The summed E-state index contributed by atoms with van der Waals surface area (Å²) < 4.78 is 2.15. The van der Waals surface area contributed by atoms with Gasteiger partial charge in [0.2, 0.25) is 0 Å². The number of hydrogen-bond acceptors (Lipinski definition) is 2. The molecule has 4 nitrogen and oxygen atoms in total. The zero-order valence-electron chi connectivity index (χ0n) is 10.9. The Kier molecular flexibility index (Phi) is 2.88. The van der Waals surface area contributed by atoms with Gasteiger partial charge in [-0.25, -0.2) is 4.98 Å². The third kappa shape index (κ3) is 1.84. The first-order chi connectivity index (χ1) is 8.66. The van der Waals surface area contributed by atoms with Crippen LogP contribution in [0, 0.1) is 12.8 Å². The Bertz CT molecular complexity index is 472. The van der Waals surface area contributed by atoms with Gasteiger partial charge >= 0.3 is 5.97 Å². The summed E-state index contributed by atoms with van der Waals surface area (Å²) in [6, 6.07) is 0. The fourth-order valence-corrected chi connectivity index (χ4v) is 3.49. The highest BCUT2D eigenvalue weighted by molar-refractivity contribution is 5.70. The first-order valence-corrected chi connectivity index (χ1v) is 6.95. The number of hydrogen-bond donors (Lipinski definition) is 1. The molecule has 0 bridgehead atoms. The summed E-state index contributed by atoms with van der Waals surface area (Å²) in [4.78, 5) is 15.8. The van der Waals surface area contributed by atoms with Crippen molar-refractivity contribution in [3.63, 3.8) is 0 Å². The number of nitrogens with zero attached hydrogens (tertiary/aromatic N) is 2. The van der Waals surface area contributed by atoms with Crippen molar-refractivity contribution in [2.45, 2.75) is 57.9 Å². The zero-order valence-corrected chi connectivity index (χ0v) is 10.9. The molecule has 0 amide bonds. The molecule has 1 aliphatic carbocycles. The minimum Gasteiger partial charge on any atom is -0.481 e. The maximum absolute atomic E-state index is 11.1. The highest BCUT2D eigenvalue weighted by Crippen LogP contribution is 2.37. The molecule has 4 heteroatoms. The van der Waals surface area contributed by atoms with Crippen LogP contribution in [-0.4, -0.2) is 20.6 Å². The van der Waals surface area contributed by atoms with Gasteiger partial charge in [0.05, 0.1) is 11.6 Å². The molecular weight excluding hydrogens is 228 g/mol. The van der Waals surface area contributed by atoms with Gasteiger partial charge in [-0.15, -0.1) is 0 Å². The van der Waals surface area contributed by atoms with Crippen LogP contribution in [0.1, 0.15) is 55.2 Å². The first kappa shape index (κ1) is 11.8. The quantitative estimate of drug-likeness (QED) is 0.874. The van der Waals surface area contributed by atoms with E-state index in [0.717, 1.165) is 18.7 Å². The monoisotopic (exact) mass is 248 g/mol. The molecule has 18 heavy (non-hydrogen) atoms. The standard InChI is InChI=1S/C14H20N2O2/c1-9-15-13(10-4-2-3-5-10)12-7-6-11(14(17)18)8-16(9)12/h10-11H,2-8H2,1H3,(H,17,18). The Morgan fingerprint density at radius 1 is 1.33 bits per heavy atom. The number of aliphatic carboxylic acids is 1. The number of carboxylic acid groups (broad SMARTS) is 1. The second-order valence-corrected chi connectivity index (χ2v) is 5.66. The number of carbonyl (C=O) groups is 1. The molecule has 1 atom stereocenters. The minimum absolute atomic E-state index is 0.234. The summed E-state index contributed by atoms with van der Waals surface area (Å²) in [5, 5.41) is 9.14. The van der Waals surface area contributed by atoms with Crippen molar-refractivity contribution in [2.24, 2.45) is 5.92 Å². The molecule has 3 rings (SSSR count). The molecule has 1 aromatic heterocycles. The van der Waals surface area contributed by atoms with Crippen LogP contribution < -0.4 is 0 Å². The maximum atomic E-state index is 11.1. The van der Waals surface area contributed by atoms with Crippen LogP contribution >= 0.6 is 0 Å². The zero-order chi connectivity index (χ0) is 12.7. The molecule has 2 heterocycles. The van der Waals surface area contributed by atoms with E-state index < -0.39 is 5.97 Å². The van der Waals surface area contributed by atoms with Gasteiger partial charge in [0.15, 0.2) is 0 Å². The molecule has 2 aliphatic rings. The molecule has 1 fully saturated rings. The molecule has 1 aliphatic heterocycles. The second kappa shape index (κ2) is 4.41. The van der Waals surface area contributed by atoms with Crippen LogP contribution in [0.25, 0.3) is 0 Å². The molecule has 1 unspecified atom stereocenters. The van der Waals surface area contributed by atoms with E-state index in [2.05, 4.69) is 4.57 Å². The normalized spacial score (nSPS) is 24.2. The minimum atomic E-state index is -0.670. The van der Waals surface area contributed by atoms with Gasteiger partial charge in [-0.1, -0.05) is 12.8 Å². The fraction of sp³-hybridized carbons (Fsp3) is 0.714. The topological polar surface area (TPSA) is 55.1 Å². The summed E-state index contributed by atoms with van der Waals surface area (Å²) in [5.74, 6) is 0.720. The molecule has 1 N–H and O–H groups in total. The second-order valence-electron chi connectivity index (χ2n) is 5.66. The maximum Gasteiger partial charge on any atom is 0.308 e. The number of rotatable bonds is 2. The van der Waals surface area contributed by atoms with Gasteiger partial charge in [0, 0.05) is 18.2 Å². The van der Waals surface area contributed by atoms with Crippen LogP contribution in [0.2, 0.25) is 0 Å². The van der Waals surface area contributed by atoms with Crippen LogP contribution in [0.3, 0.4) is 0 Å². The van der Waals surface area contributed by atoms with Gasteiger partial charge < -0.3 is 9.67 Å². The predicted octanol–water partition coefficient (Wildman–Crippen LogP) is 2.50. The highest BCUT2D eigenvalue weighted by Gasteiger charge is 2.31. The van der Waals surface area contributed by atoms with E-state index in [-0.39, 0.29) is 5.92 Å². The van der Waals surface area contributed by atoms with Crippen molar-refractivity contribution < 1.29 is 9.90 Å². The average Bonchev–Trinajstić information content (AvgIpc) is 2.97. The number of fused-ring (bicyclic) bond motifs is 1. The van der Waals surface area contributed by atoms with Crippen molar-refractivity contribution in [1.29, 1.82) is 0 Å². The number of aryl methyl sites for hydroxylation is 1. The lowest BCUT2D eigenvalue weighted by Crippen LogP contribution is -2.27. The Labute approximate surface area is 107 Å². The Morgan fingerprint density at radius 2 is 2.06 bits per heavy atom. The molecular formula is C14H20N2O2. The Balaban J connectivity index is 1.92. The van der Waals surface area contributed by atoms with Gasteiger partial charge in [-0.05, 0) is 32.6 Å². The molecule has 0 spiro atoms. The largest absolute Gasteiger partial charge is 0.481 e. The van der Waals surface area contributed by atoms with Gasteiger partial charge in [0.1, 0.15) is 5.82 Å². The van der Waals surface area contributed by atoms with Gasteiger partial charge in [0.25, 0.3) is 0 Å². The number of carboxylic acids is 1. The van der Waals surface area contributed by atoms with E-state index in [0.29, 0.717) is 12.5 Å². The lowest BCUT2D eigenvalue weighted by atomic mass is 9.93. The van der Waals surface area contributed by atoms with Crippen molar-refractivity contribution in [3.05, 3.63) is 17.2 Å². The van der Waals surface area contributed by atoms with Crippen molar-refractivity contribution in [3.8, 4) is 0 Å². The SMILES string of the molecule is Cc1nc(C2CCCC2)c2n1CC(C(=O)O)CC2. The fourth-order valence-electron chi connectivity index (χ4n) is 3.49. The summed E-state index contributed by atoms with van der Waals surface area (Å²) in [6.45, 7) is 2.61. The molecule has 1 aromatic rings. The van der Waals surface area contributed by atoms with Gasteiger partial charge in [-0.3, -0.25) is 4.79 Å². The van der Waals surface area contributed by atoms with E-state index in [1.54, 1.807) is 0 Å². The van der Waals surface area contributed by atoms with Crippen LogP contribution in [-0.2, 0) is 17.8 Å². The summed E-state index contributed by atoms with van der Waals surface area (Å²) >= 11 is 0. The molecule has 1 saturated carbocycles. The highest BCUT2D eigenvalue weighted by atomic mass is 16.4. The third-order valence-electron chi connectivity index (χ3n) is 4.52. The average molecular weight is 248 g/mol. The van der Waals surface area contributed by atoms with Crippen molar-refractivity contribution >= 4 is 5.97 Å². The van der Waals surface area contributed by atoms with E-state index in [9.17, 15) is 4.79 Å². The molecule has 0 aromatic carbocycles. The van der Waals surface area contributed by atoms with E-state index >= 15 is 0 Å². The van der Waals surface area contributed by atoms with E-state index in [1.165, 1.54) is 37.1 Å². The van der Waals surface area contributed by atoms with E-state index in [4.69, 9.17) is 10.1 Å².